The van der Waals surface area contributed by atoms with Crippen molar-refractivity contribution in [3.8, 4) is 5.75 Å². The molecule has 0 saturated carbocycles. The van der Waals surface area contributed by atoms with Crippen LogP contribution in [0.1, 0.15) is 21.6 Å². The molecule has 0 saturated heterocycles. The van der Waals surface area contributed by atoms with Gasteiger partial charge in [0, 0.05) is 0 Å². The van der Waals surface area contributed by atoms with Crippen LogP contribution in [0.4, 0.5) is 0 Å². The van der Waals surface area contributed by atoms with Gasteiger partial charge in [-0.2, -0.15) is 0 Å². The van der Waals surface area contributed by atoms with Gasteiger partial charge in [-0.15, -0.1) is 0 Å². The molecule has 2 rings (SSSR count). The van der Waals surface area contributed by atoms with Gasteiger partial charge < -0.3 is 9.47 Å². The molecule has 1 heterocycles. The van der Waals surface area contributed by atoms with Gasteiger partial charge in [0.15, 0.2) is 0 Å². The first-order valence-electron chi connectivity index (χ1n) is 6.14. The molecule has 0 atom stereocenters. The van der Waals surface area contributed by atoms with Crippen LogP contribution in [0, 0.1) is 6.92 Å². The predicted molar refractivity (Wildman–Crippen MR) is 81.1 cm³/mol. The zero-order valence-electron chi connectivity index (χ0n) is 11.5. The van der Waals surface area contributed by atoms with E-state index < -0.39 is 5.97 Å². The van der Waals surface area contributed by atoms with Crippen molar-refractivity contribution in [2.75, 3.05) is 7.11 Å². The van der Waals surface area contributed by atoms with E-state index in [2.05, 4.69) is 4.98 Å². The zero-order chi connectivity index (χ0) is 15.4. The monoisotopic (exact) mass is 325 g/mol. The molecule has 1 aromatic heterocycles. The summed E-state index contributed by atoms with van der Waals surface area (Å²) < 4.78 is 10.4. The standard InChI is InChI=1S/C15H13Cl2NO3/c1-9-3-4-10(7-13(9)20-2)15(19)21-8-12-11(16)5-6-14(17)18-12/h3-7H,8H2,1-2H3. The molecule has 110 valence electrons. The van der Waals surface area contributed by atoms with Crippen LogP contribution in [0.15, 0.2) is 30.3 Å². The van der Waals surface area contributed by atoms with E-state index in [1.54, 1.807) is 37.4 Å². The highest BCUT2D eigenvalue weighted by atomic mass is 35.5. The number of carbonyl (C=O) groups excluding carboxylic acids is 1. The molecule has 0 bridgehead atoms. The highest BCUT2D eigenvalue weighted by Crippen LogP contribution is 2.21. The van der Waals surface area contributed by atoms with Gasteiger partial charge in [-0.3, -0.25) is 0 Å². The number of carbonyl (C=O) groups is 1. The van der Waals surface area contributed by atoms with Crippen molar-refractivity contribution in [3.63, 3.8) is 0 Å². The molecular formula is C15H13Cl2NO3. The van der Waals surface area contributed by atoms with E-state index in [4.69, 9.17) is 32.7 Å². The number of esters is 1. The van der Waals surface area contributed by atoms with Gasteiger partial charge in [-0.25, -0.2) is 9.78 Å². The van der Waals surface area contributed by atoms with Crippen molar-refractivity contribution >= 4 is 29.2 Å². The van der Waals surface area contributed by atoms with Gasteiger partial charge in [0.25, 0.3) is 0 Å². The van der Waals surface area contributed by atoms with Crippen LogP contribution in [0.3, 0.4) is 0 Å². The van der Waals surface area contributed by atoms with Crippen molar-refractivity contribution in [2.24, 2.45) is 0 Å². The number of pyridine rings is 1. The maximum absolute atomic E-state index is 12.0. The van der Waals surface area contributed by atoms with E-state index in [1.165, 1.54) is 0 Å². The van der Waals surface area contributed by atoms with Crippen LogP contribution in [-0.4, -0.2) is 18.1 Å². The fourth-order valence-corrected chi connectivity index (χ4v) is 2.05. The van der Waals surface area contributed by atoms with Crippen LogP contribution in [-0.2, 0) is 11.3 Å². The Hall–Kier alpha value is -1.78. The molecule has 2 aromatic rings. The van der Waals surface area contributed by atoms with Crippen LogP contribution < -0.4 is 4.74 Å². The second-order valence-corrected chi connectivity index (χ2v) is 5.12. The summed E-state index contributed by atoms with van der Waals surface area (Å²) in [4.78, 5) is 16.0. The number of methoxy groups -OCH3 is 1. The smallest absolute Gasteiger partial charge is 0.338 e. The molecule has 0 spiro atoms. The van der Waals surface area contributed by atoms with Crippen molar-refractivity contribution in [1.82, 2.24) is 4.98 Å². The lowest BCUT2D eigenvalue weighted by Gasteiger charge is -2.09. The van der Waals surface area contributed by atoms with Crippen LogP contribution >= 0.6 is 23.2 Å². The maximum Gasteiger partial charge on any atom is 0.338 e. The Labute approximate surface area is 132 Å². The van der Waals surface area contributed by atoms with Crippen molar-refractivity contribution in [2.45, 2.75) is 13.5 Å². The van der Waals surface area contributed by atoms with Crippen LogP contribution in [0.25, 0.3) is 0 Å². The highest BCUT2D eigenvalue weighted by Gasteiger charge is 2.12. The third-order valence-corrected chi connectivity index (χ3v) is 3.42. The van der Waals surface area contributed by atoms with Gasteiger partial charge in [0.05, 0.1) is 23.4 Å². The third kappa shape index (κ3) is 3.86. The van der Waals surface area contributed by atoms with Gasteiger partial charge in [-0.1, -0.05) is 29.3 Å². The number of ether oxygens (including phenoxy) is 2. The summed E-state index contributed by atoms with van der Waals surface area (Å²) in [5.74, 6) is 0.148. The van der Waals surface area contributed by atoms with E-state index in [0.29, 0.717) is 27.2 Å². The number of aromatic nitrogens is 1. The molecule has 0 unspecified atom stereocenters. The Morgan fingerprint density at radius 3 is 2.71 bits per heavy atom. The molecule has 0 aliphatic heterocycles. The first kappa shape index (κ1) is 15.6. The second kappa shape index (κ2) is 6.78. The van der Waals surface area contributed by atoms with E-state index in [9.17, 15) is 4.79 Å². The topological polar surface area (TPSA) is 48.4 Å². The summed E-state index contributed by atoms with van der Waals surface area (Å²) in [5, 5.41) is 0.691. The number of benzene rings is 1. The van der Waals surface area contributed by atoms with Gasteiger partial charge in [0.2, 0.25) is 0 Å². The molecule has 0 N–H and O–H groups in total. The largest absolute Gasteiger partial charge is 0.496 e. The molecule has 0 aliphatic rings. The first-order chi connectivity index (χ1) is 10.0. The summed E-state index contributed by atoms with van der Waals surface area (Å²) in [6.45, 7) is 1.85. The molecule has 6 heteroatoms. The van der Waals surface area contributed by atoms with Crippen molar-refractivity contribution in [3.05, 3.63) is 57.3 Å². The number of hydrogen-bond donors (Lipinski definition) is 0. The van der Waals surface area contributed by atoms with E-state index in [0.717, 1.165) is 5.56 Å². The highest BCUT2D eigenvalue weighted by molar-refractivity contribution is 6.32. The van der Waals surface area contributed by atoms with E-state index >= 15 is 0 Å². The zero-order valence-corrected chi connectivity index (χ0v) is 13.0. The number of hydrogen-bond acceptors (Lipinski definition) is 4. The predicted octanol–water partition coefficient (Wildman–Crippen LogP) is 4.06. The quantitative estimate of drug-likeness (QED) is 0.628. The maximum atomic E-state index is 12.0. The molecule has 1 aromatic carbocycles. The lowest BCUT2D eigenvalue weighted by Crippen LogP contribution is -2.07. The molecule has 0 fully saturated rings. The summed E-state index contributed by atoms with van der Waals surface area (Å²) in [6, 6.07) is 8.27. The molecule has 0 radical (unpaired) electrons. The average molecular weight is 326 g/mol. The first-order valence-corrected chi connectivity index (χ1v) is 6.89. The normalized spacial score (nSPS) is 10.3. The summed E-state index contributed by atoms with van der Waals surface area (Å²) >= 11 is 11.7. The lowest BCUT2D eigenvalue weighted by molar-refractivity contribution is 0.0467. The fourth-order valence-electron chi connectivity index (χ4n) is 1.72. The molecular weight excluding hydrogens is 313 g/mol. The average Bonchev–Trinajstić information content (AvgIpc) is 2.48. The fraction of sp³-hybridized carbons (Fsp3) is 0.200. The van der Waals surface area contributed by atoms with Crippen molar-refractivity contribution in [1.29, 1.82) is 0 Å². The summed E-state index contributed by atoms with van der Waals surface area (Å²) in [6.07, 6.45) is 0. The van der Waals surface area contributed by atoms with E-state index in [1.807, 2.05) is 6.92 Å². The van der Waals surface area contributed by atoms with Crippen LogP contribution in [0.5, 0.6) is 5.75 Å². The Bertz CT molecular complexity index is 674. The van der Waals surface area contributed by atoms with Crippen molar-refractivity contribution < 1.29 is 14.3 Å². The van der Waals surface area contributed by atoms with Crippen LogP contribution in [0.2, 0.25) is 10.2 Å². The summed E-state index contributed by atoms with van der Waals surface area (Å²) in [7, 11) is 1.55. The van der Waals surface area contributed by atoms with Gasteiger partial charge >= 0.3 is 5.97 Å². The minimum atomic E-state index is -0.480. The Morgan fingerprint density at radius 2 is 2.00 bits per heavy atom. The molecule has 21 heavy (non-hydrogen) atoms. The number of halogens is 2. The SMILES string of the molecule is COc1cc(C(=O)OCc2nc(Cl)ccc2Cl)ccc1C. The number of rotatable bonds is 4. The minimum absolute atomic E-state index is 0.0472. The van der Waals surface area contributed by atoms with E-state index in [-0.39, 0.29) is 6.61 Å². The lowest BCUT2D eigenvalue weighted by atomic mass is 10.1. The third-order valence-electron chi connectivity index (χ3n) is 2.87. The number of aryl methyl sites for hydroxylation is 1. The minimum Gasteiger partial charge on any atom is -0.496 e. The molecule has 0 amide bonds. The van der Waals surface area contributed by atoms with Gasteiger partial charge in [0.1, 0.15) is 17.5 Å². The number of nitrogens with zero attached hydrogens (tertiary/aromatic N) is 1. The Kier molecular flexibility index (Phi) is 5.04. The second-order valence-electron chi connectivity index (χ2n) is 4.32. The Morgan fingerprint density at radius 1 is 1.24 bits per heavy atom. The Balaban J connectivity index is 2.10. The molecule has 0 aliphatic carbocycles. The summed E-state index contributed by atoms with van der Waals surface area (Å²) in [5.41, 5.74) is 1.75. The molecule has 4 nitrogen and oxygen atoms in total. The van der Waals surface area contributed by atoms with Gasteiger partial charge in [-0.05, 0) is 36.8 Å².